The van der Waals surface area contributed by atoms with E-state index in [2.05, 4.69) is 20.1 Å². The van der Waals surface area contributed by atoms with E-state index in [-0.39, 0.29) is 16.6 Å². The minimum atomic E-state index is -4.16. The van der Waals surface area contributed by atoms with Crippen molar-refractivity contribution in [3.05, 3.63) is 66.0 Å². The third-order valence-corrected chi connectivity index (χ3v) is 5.51. The number of carbonyl (C=O) groups excluding carboxylic acids is 1. The highest BCUT2D eigenvalue weighted by Crippen LogP contribution is 2.24. The Bertz CT molecular complexity index is 1090. The molecule has 0 bridgehead atoms. The Morgan fingerprint density at radius 3 is 2.50 bits per heavy atom. The predicted molar refractivity (Wildman–Crippen MR) is 102 cm³/mol. The van der Waals surface area contributed by atoms with Gasteiger partial charge in [-0.25, -0.2) is 22.5 Å². The van der Waals surface area contributed by atoms with Crippen LogP contribution in [0.4, 0.5) is 15.8 Å². The van der Waals surface area contributed by atoms with Crippen LogP contribution in [0.25, 0.3) is 0 Å². The van der Waals surface area contributed by atoms with Gasteiger partial charge in [-0.05, 0) is 43.3 Å². The summed E-state index contributed by atoms with van der Waals surface area (Å²) in [5, 5.41) is 6.30. The lowest BCUT2D eigenvalue weighted by Gasteiger charge is -2.13. The van der Waals surface area contributed by atoms with Crippen molar-refractivity contribution in [2.45, 2.75) is 17.9 Å². The highest BCUT2D eigenvalue weighted by atomic mass is 35.5. The number of hydrogen-bond donors (Lipinski definition) is 2. The lowest BCUT2D eigenvalue weighted by Crippen LogP contribution is -2.24. The van der Waals surface area contributed by atoms with E-state index in [0.29, 0.717) is 5.69 Å². The van der Waals surface area contributed by atoms with Gasteiger partial charge in [-0.1, -0.05) is 17.7 Å². The maximum atomic E-state index is 14.0. The van der Waals surface area contributed by atoms with Crippen LogP contribution in [0.15, 0.2) is 60.0 Å². The molecule has 1 atom stereocenters. The number of amides is 1. The monoisotopic (exact) mass is 423 g/mol. The number of carbonyl (C=O) groups is 1. The van der Waals surface area contributed by atoms with Crippen molar-refractivity contribution < 1.29 is 17.6 Å². The van der Waals surface area contributed by atoms with Gasteiger partial charge in [0.1, 0.15) is 23.6 Å². The second-order valence-corrected chi connectivity index (χ2v) is 7.83. The number of halogens is 2. The van der Waals surface area contributed by atoms with Gasteiger partial charge in [0.15, 0.2) is 5.82 Å². The Hall–Kier alpha value is -2.98. The first-order valence-corrected chi connectivity index (χ1v) is 9.86. The van der Waals surface area contributed by atoms with Crippen molar-refractivity contribution in [2.75, 3.05) is 10.0 Å². The summed E-state index contributed by atoms with van der Waals surface area (Å²) in [6.45, 7) is 1.66. The average molecular weight is 424 g/mol. The van der Waals surface area contributed by atoms with Gasteiger partial charge in [-0.15, -0.1) is 0 Å². The van der Waals surface area contributed by atoms with Gasteiger partial charge in [0, 0.05) is 11.4 Å². The van der Waals surface area contributed by atoms with Gasteiger partial charge < -0.3 is 5.32 Å². The van der Waals surface area contributed by atoms with Crippen molar-refractivity contribution in [1.29, 1.82) is 0 Å². The summed E-state index contributed by atoms with van der Waals surface area (Å²) in [7, 11) is -4.16. The molecule has 1 unspecified atom stereocenters. The summed E-state index contributed by atoms with van der Waals surface area (Å²) in [6.07, 6.45) is 2.75. The molecule has 1 heterocycles. The normalized spacial score (nSPS) is 12.4. The second-order valence-electron chi connectivity index (χ2n) is 5.78. The molecule has 146 valence electrons. The Morgan fingerprint density at radius 1 is 1.18 bits per heavy atom. The van der Waals surface area contributed by atoms with Crippen molar-refractivity contribution in [3.8, 4) is 0 Å². The van der Waals surface area contributed by atoms with E-state index in [1.807, 2.05) is 0 Å². The molecule has 11 heteroatoms. The molecule has 8 nitrogen and oxygen atoms in total. The van der Waals surface area contributed by atoms with Crippen LogP contribution in [-0.4, -0.2) is 29.1 Å². The van der Waals surface area contributed by atoms with Gasteiger partial charge in [0.25, 0.3) is 10.0 Å². The van der Waals surface area contributed by atoms with Crippen LogP contribution in [0.2, 0.25) is 5.02 Å². The summed E-state index contributed by atoms with van der Waals surface area (Å²) in [4.78, 5) is 15.4. The van der Waals surface area contributed by atoms with Gasteiger partial charge in [-0.3, -0.25) is 9.52 Å². The molecule has 1 amide bonds. The molecule has 0 aliphatic rings. The Balaban J connectivity index is 1.70. The van der Waals surface area contributed by atoms with E-state index in [1.54, 1.807) is 6.92 Å². The predicted octanol–water partition coefficient (Wildman–Crippen LogP) is 3.07. The SMILES string of the molecule is CC(C(=O)Nc1ccc(NS(=O)(=O)c2cccc(Cl)c2F)cc1)n1cncn1. The highest BCUT2D eigenvalue weighted by molar-refractivity contribution is 7.92. The molecule has 0 saturated heterocycles. The molecule has 0 spiro atoms. The number of hydrogen-bond acceptors (Lipinski definition) is 5. The first kappa shape index (κ1) is 19.8. The summed E-state index contributed by atoms with van der Waals surface area (Å²) in [6, 6.07) is 9.04. The maximum absolute atomic E-state index is 14.0. The van der Waals surface area contributed by atoms with Crippen LogP contribution in [0.5, 0.6) is 0 Å². The van der Waals surface area contributed by atoms with Crippen molar-refractivity contribution in [3.63, 3.8) is 0 Å². The zero-order chi connectivity index (χ0) is 20.3. The fourth-order valence-corrected chi connectivity index (χ4v) is 3.70. The number of rotatable bonds is 6. The number of anilines is 2. The zero-order valence-corrected chi connectivity index (χ0v) is 16.1. The first-order chi connectivity index (χ1) is 13.3. The second kappa shape index (κ2) is 7.95. The molecule has 0 aliphatic heterocycles. The lowest BCUT2D eigenvalue weighted by atomic mass is 10.2. The standard InChI is InChI=1S/C17H15ClFN5O3S/c1-11(24-10-20-9-21-24)17(25)22-12-5-7-13(8-6-12)23-28(26,27)15-4-2-3-14(18)16(15)19/h2-11,23H,1H3,(H,22,25). The van der Waals surface area contributed by atoms with Crippen LogP contribution < -0.4 is 10.0 Å². The molecule has 0 fully saturated rings. The maximum Gasteiger partial charge on any atom is 0.264 e. The van der Waals surface area contributed by atoms with E-state index < -0.39 is 26.8 Å². The lowest BCUT2D eigenvalue weighted by molar-refractivity contribution is -0.119. The Morgan fingerprint density at radius 2 is 1.86 bits per heavy atom. The van der Waals surface area contributed by atoms with Crippen LogP contribution in [-0.2, 0) is 14.8 Å². The van der Waals surface area contributed by atoms with Crippen molar-refractivity contribution in [2.24, 2.45) is 0 Å². The third kappa shape index (κ3) is 4.29. The number of nitrogens with zero attached hydrogens (tertiary/aromatic N) is 3. The van der Waals surface area contributed by atoms with E-state index in [0.717, 1.165) is 6.07 Å². The van der Waals surface area contributed by atoms with Crippen LogP contribution in [0.3, 0.4) is 0 Å². The summed E-state index contributed by atoms with van der Waals surface area (Å²) < 4.78 is 42.4. The number of aromatic nitrogens is 3. The quantitative estimate of drug-likeness (QED) is 0.633. The molecule has 3 aromatic rings. The zero-order valence-electron chi connectivity index (χ0n) is 14.5. The molecule has 1 aromatic heterocycles. The van der Waals surface area contributed by atoms with Gasteiger partial charge in [-0.2, -0.15) is 5.10 Å². The number of sulfonamides is 1. The minimum Gasteiger partial charge on any atom is -0.324 e. The van der Waals surface area contributed by atoms with Gasteiger partial charge in [0.05, 0.1) is 5.02 Å². The summed E-state index contributed by atoms with van der Waals surface area (Å²) in [5.41, 5.74) is 0.649. The van der Waals surface area contributed by atoms with Crippen molar-refractivity contribution >= 4 is 38.9 Å². The largest absolute Gasteiger partial charge is 0.324 e. The molecule has 2 aromatic carbocycles. The smallest absolute Gasteiger partial charge is 0.264 e. The van der Waals surface area contributed by atoms with Crippen LogP contribution in [0, 0.1) is 5.82 Å². The fourth-order valence-electron chi connectivity index (χ4n) is 2.31. The molecule has 0 aliphatic carbocycles. The molecule has 3 rings (SSSR count). The van der Waals surface area contributed by atoms with E-state index in [9.17, 15) is 17.6 Å². The molecular formula is C17H15ClFN5O3S. The van der Waals surface area contributed by atoms with Crippen molar-refractivity contribution in [1.82, 2.24) is 14.8 Å². The van der Waals surface area contributed by atoms with Gasteiger partial charge >= 0.3 is 0 Å². The number of benzene rings is 2. The van der Waals surface area contributed by atoms with Gasteiger partial charge in [0.2, 0.25) is 5.91 Å². The Kier molecular flexibility index (Phi) is 5.61. The fraction of sp³-hybridized carbons (Fsp3) is 0.118. The topological polar surface area (TPSA) is 106 Å². The average Bonchev–Trinajstić information content (AvgIpc) is 3.19. The molecule has 0 saturated carbocycles. The molecule has 2 N–H and O–H groups in total. The summed E-state index contributed by atoms with van der Waals surface area (Å²) >= 11 is 5.64. The molecule has 0 radical (unpaired) electrons. The minimum absolute atomic E-state index is 0.196. The first-order valence-electron chi connectivity index (χ1n) is 8.00. The Labute approximate surface area is 165 Å². The summed E-state index contributed by atoms with van der Waals surface area (Å²) in [5.74, 6) is -1.34. The van der Waals surface area contributed by atoms with E-state index >= 15 is 0 Å². The highest BCUT2D eigenvalue weighted by Gasteiger charge is 2.21. The molecular weight excluding hydrogens is 409 g/mol. The molecule has 28 heavy (non-hydrogen) atoms. The van der Waals surface area contributed by atoms with Crippen LogP contribution in [0.1, 0.15) is 13.0 Å². The van der Waals surface area contributed by atoms with E-state index in [4.69, 9.17) is 11.6 Å². The third-order valence-electron chi connectivity index (χ3n) is 3.82. The number of nitrogens with one attached hydrogen (secondary N) is 2. The van der Waals surface area contributed by atoms with E-state index in [1.165, 1.54) is 53.7 Å². The van der Waals surface area contributed by atoms with Crippen LogP contribution >= 0.6 is 11.6 Å².